The van der Waals surface area contributed by atoms with Crippen LogP contribution in [0, 0.1) is 17.2 Å². The van der Waals surface area contributed by atoms with Crippen LogP contribution in [0.4, 0.5) is 0 Å². The molecule has 3 rings (SSSR count). The monoisotopic (exact) mass is 377 g/mol. The third-order valence-electron chi connectivity index (χ3n) is 4.90. The summed E-state index contributed by atoms with van der Waals surface area (Å²) in [4.78, 5) is 26.3. The largest absolute Gasteiger partial charge is 0.484 e. The molecule has 1 N–H and O–H groups in total. The van der Waals surface area contributed by atoms with Crippen LogP contribution in [0.15, 0.2) is 54.6 Å². The van der Waals surface area contributed by atoms with Crippen LogP contribution in [-0.2, 0) is 4.79 Å². The highest BCUT2D eigenvalue weighted by molar-refractivity contribution is 5.94. The second-order valence-electron chi connectivity index (χ2n) is 6.83. The number of nitrogens with zero attached hydrogens (tertiary/aromatic N) is 2. The van der Waals surface area contributed by atoms with E-state index >= 15 is 0 Å². The first-order valence-electron chi connectivity index (χ1n) is 9.39. The number of rotatable bonds is 6. The molecule has 6 nitrogen and oxygen atoms in total. The van der Waals surface area contributed by atoms with Crippen molar-refractivity contribution in [2.75, 3.05) is 26.2 Å². The van der Waals surface area contributed by atoms with Gasteiger partial charge in [-0.1, -0.05) is 18.2 Å². The molecule has 1 aliphatic rings. The number of carbonyl (C=O) groups is 2. The molecule has 2 amide bonds. The number of ether oxygens (including phenoxy) is 1. The average Bonchev–Trinajstić information content (AvgIpc) is 2.77. The van der Waals surface area contributed by atoms with E-state index in [4.69, 9.17) is 10.00 Å². The second kappa shape index (κ2) is 9.56. The number of hydrogen-bond donors (Lipinski definition) is 1. The van der Waals surface area contributed by atoms with Gasteiger partial charge in [0.15, 0.2) is 6.61 Å². The first-order valence-corrected chi connectivity index (χ1v) is 9.39. The fourth-order valence-corrected chi connectivity index (χ4v) is 3.17. The van der Waals surface area contributed by atoms with Crippen molar-refractivity contribution < 1.29 is 14.3 Å². The number of likely N-dealkylation sites (tertiary alicyclic amines) is 1. The van der Waals surface area contributed by atoms with Gasteiger partial charge in [0, 0.05) is 25.2 Å². The van der Waals surface area contributed by atoms with Crippen LogP contribution in [0.2, 0.25) is 0 Å². The zero-order valence-electron chi connectivity index (χ0n) is 15.6. The molecule has 2 aromatic rings. The van der Waals surface area contributed by atoms with Crippen molar-refractivity contribution in [3.05, 3.63) is 65.7 Å². The van der Waals surface area contributed by atoms with Crippen LogP contribution in [0.25, 0.3) is 0 Å². The molecule has 1 heterocycles. The van der Waals surface area contributed by atoms with E-state index in [1.807, 2.05) is 41.3 Å². The lowest BCUT2D eigenvalue weighted by molar-refractivity contribution is -0.134. The highest BCUT2D eigenvalue weighted by atomic mass is 16.5. The summed E-state index contributed by atoms with van der Waals surface area (Å²) in [5.41, 5.74) is 1.08. The normalized spacial score (nSPS) is 14.2. The molecule has 0 radical (unpaired) electrons. The molecular formula is C22H23N3O3. The van der Waals surface area contributed by atoms with Crippen molar-refractivity contribution in [2.24, 2.45) is 5.92 Å². The second-order valence-corrected chi connectivity index (χ2v) is 6.83. The van der Waals surface area contributed by atoms with Crippen molar-refractivity contribution in [1.29, 1.82) is 5.26 Å². The van der Waals surface area contributed by atoms with Gasteiger partial charge in [-0.15, -0.1) is 0 Å². The van der Waals surface area contributed by atoms with Gasteiger partial charge in [0.05, 0.1) is 11.6 Å². The van der Waals surface area contributed by atoms with Crippen LogP contribution in [0.3, 0.4) is 0 Å². The summed E-state index contributed by atoms with van der Waals surface area (Å²) in [5, 5.41) is 11.8. The molecule has 0 saturated carbocycles. The molecule has 0 atom stereocenters. The summed E-state index contributed by atoms with van der Waals surface area (Å²) in [7, 11) is 0. The van der Waals surface area contributed by atoms with E-state index in [9.17, 15) is 9.59 Å². The van der Waals surface area contributed by atoms with Gasteiger partial charge >= 0.3 is 0 Å². The van der Waals surface area contributed by atoms with Gasteiger partial charge in [0.1, 0.15) is 5.75 Å². The molecule has 0 bridgehead atoms. The highest BCUT2D eigenvalue weighted by Gasteiger charge is 2.23. The minimum atomic E-state index is -0.140. The minimum Gasteiger partial charge on any atom is -0.484 e. The summed E-state index contributed by atoms with van der Waals surface area (Å²) in [6, 6.07) is 17.9. The summed E-state index contributed by atoms with van der Waals surface area (Å²) >= 11 is 0. The fourth-order valence-electron chi connectivity index (χ4n) is 3.17. The molecular weight excluding hydrogens is 354 g/mol. The van der Waals surface area contributed by atoms with Crippen LogP contribution < -0.4 is 10.1 Å². The van der Waals surface area contributed by atoms with Gasteiger partial charge in [-0.05, 0) is 55.2 Å². The van der Waals surface area contributed by atoms with Gasteiger partial charge in [0.2, 0.25) is 0 Å². The Morgan fingerprint density at radius 1 is 1.07 bits per heavy atom. The maximum atomic E-state index is 12.3. The Kier molecular flexibility index (Phi) is 6.64. The fraction of sp³-hybridized carbons (Fsp3) is 0.318. The standard InChI is InChI=1S/C22H23N3O3/c23-14-17-6-8-19(9-7-17)22(27)24-15-18-10-12-25(13-11-18)21(26)16-28-20-4-2-1-3-5-20/h1-9,18H,10-13,15-16H2,(H,24,27). The van der Waals surface area contributed by atoms with Gasteiger partial charge in [-0.25, -0.2) is 0 Å². The number of nitriles is 1. The zero-order chi connectivity index (χ0) is 19.8. The number of nitrogens with one attached hydrogen (secondary N) is 1. The molecule has 0 spiro atoms. The number of amides is 2. The van der Waals surface area contributed by atoms with Crippen molar-refractivity contribution in [3.8, 4) is 11.8 Å². The van der Waals surface area contributed by atoms with E-state index < -0.39 is 0 Å². The number of para-hydroxylation sites is 1. The molecule has 1 aliphatic heterocycles. The Bertz CT molecular complexity index is 836. The number of hydrogen-bond acceptors (Lipinski definition) is 4. The SMILES string of the molecule is N#Cc1ccc(C(=O)NCC2CCN(C(=O)COc3ccccc3)CC2)cc1. The van der Waals surface area contributed by atoms with Crippen LogP contribution in [0.5, 0.6) is 5.75 Å². The third-order valence-corrected chi connectivity index (χ3v) is 4.90. The van der Waals surface area contributed by atoms with Crippen molar-refractivity contribution in [1.82, 2.24) is 10.2 Å². The first-order chi connectivity index (χ1) is 13.7. The van der Waals surface area contributed by atoms with E-state index in [2.05, 4.69) is 5.32 Å². The predicted octanol–water partition coefficient (Wildman–Crippen LogP) is 2.61. The lowest BCUT2D eigenvalue weighted by Gasteiger charge is -2.32. The van der Waals surface area contributed by atoms with E-state index in [0.717, 1.165) is 12.8 Å². The third kappa shape index (κ3) is 5.34. The maximum absolute atomic E-state index is 12.3. The topological polar surface area (TPSA) is 82.4 Å². The number of piperidine rings is 1. The summed E-state index contributed by atoms with van der Waals surface area (Å²) in [5.74, 6) is 0.890. The Labute approximate surface area is 164 Å². The molecule has 28 heavy (non-hydrogen) atoms. The quantitative estimate of drug-likeness (QED) is 0.839. The lowest BCUT2D eigenvalue weighted by Crippen LogP contribution is -2.43. The van der Waals surface area contributed by atoms with Crippen molar-refractivity contribution >= 4 is 11.8 Å². The number of benzene rings is 2. The maximum Gasteiger partial charge on any atom is 0.260 e. The first kappa shape index (κ1) is 19.4. The van der Waals surface area contributed by atoms with Gasteiger partial charge in [-0.2, -0.15) is 5.26 Å². The summed E-state index contributed by atoms with van der Waals surface area (Å²) < 4.78 is 5.52. The average molecular weight is 377 g/mol. The van der Waals surface area contributed by atoms with Crippen LogP contribution in [-0.4, -0.2) is 43.0 Å². The van der Waals surface area contributed by atoms with E-state index in [-0.39, 0.29) is 18.4 Å². The minimum absolute atomic E-state index is 0.0103. The summed E-state index contributed by atoms with van der Waals surface area (Å²) in [6.45, 7) is 1.98. The molecule has 144 valence electrons. The van der Waals surface area contributed by atoms with Gasteiger partial charge in [0.25, 0.3) is 11.8 Å². The molecule has 1 fully saturated rings. The van der Waals surface area contributed by atoms with Crippen molar-refractivity contribution in [2.45, 2.75) is 12.8 Å². The van der Waals surface area contributed by atoms with Crippen molar-refractivity contribution in [3.63, 3.8) is 0 Å². The number of carbonyl (C=O) groups excluding carboxylic acids is 2. The molecule has 0 aromatic heterocycles. The van der Waals surface area contributed by atoms with Crippen LogP contribution >= 0.6 is 0 Å². The van der Waals surface area contributed by atoms with E-state index in [1.54, 1.807) is 24.3 Å². The zero-order valence-corrected chi connectivity index (χ0v) is 15.6. The Hall–Kier alpha value is -3.33. The Balaban J connectivity index is 1.38. The molecule has 0 aliphatic carbocycles. The molecule has 0 unspecified atom stereocenters. The smallest absolute Gasteiger partial charge is 0.260 e. The van der Waals surface area contributed by atoms with Gasteiger partial charge in [-0.3, -0.25) is 9.59 Å². The molecule has 1 saturated heterocycles. The van der Waals surface area contributed by atoms with Gasteiger partial charge < -0.3 is 15.0 Å². The lowest BCUT2D eigenvalue weighted by atomic mass is 9.96. The summed E-state index contributed by atoms with van der Waals surface area (Å²) in [6.07, 6.45) is 1.70. The van der Waals surface area contributed by atoms with E-state index in [0.29, 0.717) is 42.4 Å². The highest BCUT2D eigenvalue weighted by Crippen LogP contribution is 2.17. The molecule has 6 heteroatoms. The molecule has 2 aromatic carbocycles. The van der Waals surface area contributed by atoms with Crippen LogP contribution in [0.1, 0.15) is 28.8 Å². The Morgan fingerprint density at radius 2 is 1.75 bits per heavy atom. The predicted molar refractivity (Wildman–Crippen MR) is 105 cm³/mol. The van der Waals surface area contributed by atoms with E-state index in [1.165, 1.54) is 0 Å². The Morgan fingerprint density at radius 3 is 2.39 bits per heavy atom.